The standard InChI is InChI=1S/C21H25N3O4S2/c1-5-23(30(27,28)6-2)17-10-7-15(8-11-17)20(25)22-16-9-12-18-19(13-16)29-21(26)24(18)14(3)4/h7-14H,5-6H2,1-4H3,(H,22,25). The Hall–Kier alpha value is -2.65. The highest BCUT2D eigenvalue weighted by atomic mass is 32.2. The van der Waals surface area contributed by atoms with Crippen molar-refractivity contribution in [2.24, 2.45) is 0 Å². The molecule has 30 heavy (non-hydrogen) atoms. The van der Waals surface area contributed by atoms with E-state index in [1.54, 1.807) is 54.8 Å². The number of amides is 1. The van der Waals surface area contributed by atoms with E-state index in [2.05, 4.69) is 5.32 Å². The number of carbonyl (C=O) groups is 1. The van der Waals surface area contributed by atoms with Crippen LogP contribution >= 0.6 is 11.3 Å². The Morgan fingerprint density at radius 3 is 2.37 bits per heavy atom. The molecule has 0 aliphatic carbocycles. The van der Waals surface area contributed by atoms with Crippen LogP contribution in [-0.4, -0.2) is 31.2 Å². The van der Waals surface area contributed by atoms with Gasteiger partial charge in [-0.2, -0.15) is 0 Å². The number of fused-ring (bicyclic) bond motifs is 1. The van der Waals surface area contributed by atoms with E-state index in [0.717, 1.165) is 21.6 Å². The molecule has 0 atom stereocenters. The second-order valence-corrected chi connectivity index (χ2v) is 10.3. The van der Waals surface area contributed by atoms with Gasteiger partial charge in [-0.1, -0.05) is 11.3 Å². The molecule has 0 spiro atoms. The van der Waals surface area contributed by atoms with Gasteiger partial charge in [-0.3, -0.25) is 18.5 Å². The smallest absolute Gasteiger partial charge is 0.308 e. The number of benzene rings is 2. The van der Waals surface area contributed by atoms with E-state index in [9.17, 15) is 18.0 Å². The lowest BCUT2D eigenvalue weighted by Crippen LogP contribution is -2.32. The maximum Gasteiger partial charge on any atom is 0.308 e. The summed E-state index contributed by atoms with van der Waals surface area (Å²) in [6.07, 6.45) is 0. The van der Waals surface area contributed by atoms with Gasteiger partial charge in [-0.25, -0.2) is 8.42 Å². The van der Waals surface area contributed by atoms with E-state index in [1.165, 1.54) is 4.31 Å². The molecule has 9 heteroatoms. The lowest BCUT2D eigenvalue weighted by atomic mass is 10.2. The summed E-state index contributed by atoms with van der Waals surface area (Å²) in [6.45, 7) is 7.60. The molecule has 160 valence electrons. The van der Waals surface area contributed by atoms with Gasteiger partial charge in [-0.15, -0.1) is 0 Å². The number of hydrogen-bond acceptors (Lipinski definition) is 5. The third kappa shape index (κ3) is 4.27. The van der Waals surface area contributed by atoms with Gasteiger partial charge in [-0.05, 0) is 70.2 Å². The molecule has 7 nitrogen and oxygen atoms in total. The minimum absolute atomic E-state index is 0.0101. The predicted molar refractivity (Wildman–Crippen MR) is 123 cm³/mol. The second kappa shape index (κ2) is 8.61. The molecule has 1 heterocycles. The first-order chi connectivity index (χ1) is 14.2. The fraction of sp³-hybridized carbons (Fsp3) is 0.333. The average Bonchev–Trinajstić information content (AvgIpc) is 3.04. The quantitative estimate of drug-likeness (QED) is 0.591. The first-order valence-corrected chi connectivity index (χ1v) is 12.2. The molecular weight excluding hydrogens is 422 g/mol. The first-order valence-electron chi connectivity index (χ1n) is 9.74. The maximum absolute atomic E-state index is 12.6. The topological polar surface area (TPSA) is 88.5 Å². The third-order valence-corrected chi connectivity index (χ3v) is 7.58. The van der Waals surface area contributed by atoms with Crippen molar-refractivity contribution >= 4 is 48.9 Å². The summed E-state index contributed by atoms with van der Waals surface area (Å²) in [5.41, 5.74) is 2.38. The van der Waals surface area contributed by atoms with Crippen molar-refractivity contribution in [3.8, 4) is 0 Å². The molecule has 0 saturated carbocycles. The lowest BCUT2D eigenvalue weighted by molar-refractivity contribution is 0.102. The zero-order valence-corrected chi connectivity index (χ0v) is 19.0. The number of nitrogens with one attached hydrogen (secondary N) is 1. The van der Waals surface area contributed by atoms with Crippen LogP contribution in [0.5, 0.6) is 0 Å². The number of nitrogens with zero attached hydrogens (tertiary/aromatic N) is 2. The van der Waals surface area contributed by atoms with Crippen molar-refractivity contribution < 1.29 is 13.2 Å². The Morgan fingerprint density at radius 2 is 1.80 bits per heavy atom. The molecule has 1 amide bonds. The van der Waals surface area contributed by atoms with Crippen LogP contribution in [0.3, 0.4) is 0 Å². The number of aromatic nitrogens is 1. The van der Waals surface area contributed by atoms with E-state index >= 15 is 0 Å². The molecule has 0 bridgehead atoms. The molecular formula is C21H25N3O4S2. The Kier molecular flexibility index (Phi) is 6.33. The van der Waals surface area contributed by atoms with Crippen LogP contribution in [0.4, 0.5) is 11.4 Å². The highest BCUT2D eigenvalue weighted by Gasteiger charge is 2.19. The summed E-state index contributed by atoms with van der Waals surface area (Å²) < 4.78 is 28.2. The van der Waals surface area contributed by atoms with Crippen LogP contribution in [0.15, 0.2) is 47.3 Å². The van der Waals surface area contributed by atoms with Crippen molar-refractivity contribution in [2.45, 2.75) is 33.7 Å². The van der Waals surface area contributed by atoms with Gasteiger partial charge in [0.1, 0.15) is 0 Å². The number of hydrogen-bond donors (Lipinski definition) is 1. The molecule has 0 unspecified atom stereocenters. The van der Waals surface area contributed by atoms with Crippen molar-refractivity contribution in [3.05, 3.63) is 57.7 Å². The van der Waals surface area contributed by atoms with E-state index in [1.807, 2.05) is 19.9 Å². The largest absolute Gasteiger partial charge is 0.322 e. The van der Waals surface area contributed by atoms with Crippen molar-refractivity contribution in [2.75, 3.05) is 21.9 Å². The molecule has 0 fully saturated rings. The normalized spacial score (nSPS) is 11.8. The second-order valence-electron chi connectivity index (χ2n) is 7.08. The Labute approximate surface area is 180 Å². The minimum atomic E-state index is -3.37. The van der Waals surface area contributed by atoms with Gasteiger partial charge in [0.15, 0.2) is 0 Å². The molecule has 3 aromatic rings. The zero-order chi connectivity index (χ0) is 22.1. The van der Waals surface area contributed by atoms with Crippen LogP contribution in [0.25, 0.3) is 10.2 Å². The highest BCUT2D eigenvalue weighted by molar-refractivity contribution is 7.92. The fourth-order valence-corrected chi connectivity index (χ4v) is 5.48. The van der Waals surface area contributed by atoms with Crippen molar-refractivity contribution in [1.82, 2.24) is 4.57 Å². The molecule has 2 aromatic carbocycles. The molecule has 1 N–H and O–H groups in total. The Bertz CT molecular complexity index is 1230. The van der Waals surface area contributed by atoms with Gasteiger partial charge in [0.05, 0.1) is 21.7 Å². The van der Waals surface area contributed by atoms with Gasteiger partial charge in [0.25, 0.3) is 5.91 Å². The number of carbonyl (C=O) groups excluding carboxylic acids is 1. The SMILES string of the molecule is CCN(c1ccc(C(=O)Nc2ccc3c(c2)sc(=O)n3C(C)C)cc1)S(=O)(=O)CC. The molecule has 3 rings (SSSR count). The Balaban J connectivity index is 1.82. The summed E-state index contributed by atoms with van der Waals surface area (Å²) in [4.78, 5) is 24.8. The molecule has 0 aliphatic heterocycles. The summed E-state index contributed by atoms with van der Waals surface area (Å²) in [5.74, 6) is -0.297. The van der Waals surface area contributed by atoms with E-state index in [0.29, 0.717) is 23.5 Å². The number of thiazole rings is 1. The van der Waals surface area contributed by atoms with Crippen LogP contribution in [0.1, 0.15) is 44.1 Å². The Morgan fingerprint density at radius 1 is 1.13 bits per heavy atom. The van der Waals surface area contributed by atoms with Crippen LogP contribution < -0.4 is 14.5 Å². The van der Waals surface area contributed by atoms with Gasteiger partial charge in [0, 0.05) is 23.8 Å². The number of anilines is 2. The van der Waals surface area contributed by atoms with E-state index < -0.39 is 10.0 Å². The first kappa shape index (κ1) is 22.0. The van der Waals surface area contributed by atoms with Gasteiger partial charge >= 0.3 is 4.87 Å². The number of rotatable bonds is 7. The van der Waals surface area contributed by atoms with Crippen molar-refractivity contribution in [3.63, 3.8) is 0 Å². The maximum atomic E-state index is 12.6. The molecule has 1 aromatic heterocycles. The fourth-order valence-electron chi connectivity index (χ4n) is 3.28. The summed E-state index contributed by atoms with van der Waals surface area (Å²) in [5, 5.41) is 2.84. The average molecular weight is 448 g/mol. The summed E-state index contributed by atoms with van der Waals surface area (Å²) >= 11 is 1.15. The molecule has 0 radical (unpaired) electrons. The van der Waals surface area contributed by atoms with E-state index in [4.69, 9.17) is 0 Å². The van der Waals surface area contributed by atoms with Gasteiger partial charge < -0.3 is 5.32 Å². The molecule has 0 saturated heterocycles. The third-order valence-electron chi connectivity index (χ3n) is 4.79. The number of sulfonamides is 1. The lowest BCUT2D eigenvalue weighted by Gasteiger charge is -2.22. The van der Waals surface area contributed by atoms with Crippen molar-refractivity contribution in [1.29, 1.82) is 0 Å². The van der Waals surface area contributed by atoms with E-state index in [-0.39, 0.29) is 22.6 Å². The highest BCUT2D eigenvalue weighted by Crippen LogP contribution is 2.25. The van der Waals surface area contributed by atoms with Gasteiger partial charge in [0.2, 0.25) is 10.0 Å². The summed E-state index contributed by atoms with van der Waals surface area (Å²) in [6, 6.07) is 11.9. The summed E-state index contributed by atoms with van der Waals surface area (Å²) in [7, 11) is -3.37. The molecule has 0 aliphatic rings. The zero-order valence-electron chi connectivity index (χ0n) is 17.4. The van der Waals surface area contributed by atoms with Crippen LogP contribution in [0.2, 0.25) is 0 Å². The van der Waals surface area contributed by atoms with Crippen LogP contribution in [-0.2, 0) is 10.0 Å². The van der Waals surface area contributed by atoms with Crippen LogP contribution in [0, 0.1) is 0 Å². The monoisotopic (exact) mass is 447 g/mol. The minimum Gasteiger partial charge on any atom is -0.322 e. The predicted octanol–water partition coefficient (Wildman–Crippen LogP) is 4.07.